The van der Waals surface area contributed by atoms with Gasteiger partial charge in [-0.1, -0.05) is 0 Å². The third kappa shape index (κ3) is 14.1. The Hall–Kier alpha value is -8.96. The standard InChI is InChI=1S/C54H70N8O16/c1-55-47(63)31-17-19-35(43(75-9)39(31)71-5)51(67)59-25-15-29-61(53(69)37-23-21-33(49(65)57-3)41(73-7)45(37)77-11)27-13-14-28-62(54(70)38-24-22-34(50(66)58-4)42(74-8)46(38)78-12)30-16-26-60-52(68)36-20-18-32(48(64)56-2)40(72-6)44(36)76-10/h17-24H,13-16,25-30H2,1-12H3,(H,55,63)(H,56,64)(H,57,65)(H,58,66)(H,59,67)(H,60,68). The molecule has 0 aliphatic rings. The first-order valence-corrected chi connectivity index (χ1v) is 24.6. The van der Waals surface area contributed by atoms with E-state index in [-0.39, 0.29) is 143 Å². The Morgan fingerprint density at radius 3 is 0.718 bits per heavy atom. The Bertz CT molecular complexity index is 2650. The van der Waals surface area contributed by atoms with Gasteiger partial charge in [0.25, 0.3) is 47.3 Å². The molecule has 0 unspecified atom stereocenters. The van der Waals surface area contributed by atoms with Crippen LogP contribution in [0.15, 0.2) is 48.5 Å². The van der Waals surface area contributed by atoms with Gasteiger partial charge in [0.1, 0.15) is 0 Å². The summed E-state index contributed by atoms with van der Waals surface area (Å²) in [6.45, 7) is 0.681. The molecule has 0 bridgehead atoms. The summed E-state index contributed by atoms with van der Waals surface area (Å²) in [6.07, 6.45) is 1.19. The normalized spacial score (nSPS) is 10.5. The average molecular weight is 1090 g/mol. The number of nitrogens with zero attached hydrogens (tertiary/aromatic N) is 2. The van der Waals surface area contributed by atoms with Crippen LogP contribution >= 0.6 is 0 Å². The fourth-order valence-corrected chi connectivity index (χ4v) is 8.53. The maximum Gasteiger partial charge on any atom is 0.257 e. The van der Waals surface area contributed by atoms with E-state index in [9.17, 15) is 38.4 Å². The van der Waals surface area contributed by atoms with Crippen molar-refractivity contribution in [2.24, 2.45) is 0 Å². The largest absolute Gasteiger partial charge is 0.492 e. The van der Waals surface area contributed by atoms with E-state index in [1.165, 1.54) is 134 Å². The number of methoxy groups -OCH3 is 8. The Kier molecular flexibility index (Phi) is 23.7. The molecule has 4 aromatic carbocycles. The average Bonchev–Trinajstić information content (AvgIpc) is 3.50. The predicted molar refractivity (Wildman–Crippen MR) is 287 cm³/mol. The smallest absolute Gasteiger partial charge is 0.257 e. The number of carbonyl (C=O) groups excluding carboxylic acids is 8. The first kappa shape index (κ1) is 61.6. The van der Waals surface area contributed by atoms with Crippen molar-refractivity contribution in [3.63, 3.8) is 0 Å². The zero-order valence-electron chi connectivity index (χ0n) is 46.1. The minimum atomic E-state index is -0.527. The Morgan fingerprint density at radius 2 is 0.500 bits per heavy atom. The lowest BCUT2D eigenvalue weighted by Crippen LogP contribution is -2.37. The van der Waals surface area contributed by atoms with Crippen LogP contribution in [-0.2, 0) is 0 Å². The second kappa shape index (κ2) is 30.0. The van der Waals surface area contributed by atoms with Gasteiger partial charge in [-0.15, -0.1) is 0 Å². The van der Waals surface area contributed by atoms with Crippen LogP contribution in [0.1, 0.15) is 109 Å². The monoisotopic (exact) mass is 1090 g/mol. The number of unbranched alkanes of at least 4 members (excludes halogenated alkanes) is 1. The van der Waals surface area contributed by atoms with E-state index in [1.54, 1.807) is 9.80 Å². The van der Waals surface area contributed by atoms with Crippen molar-refractivity contribution in [3.05, 3.63) is 93.0 Å². The van der Waals surface area contributed by atoms with Gasteiger partial charge in [0.05, 0.1) is 101 Å². The third-order valence-electron chi connectivity index (χ3n) is 12.4. The molecule has 4 aromatic rings. The van der Waals surface area contributed by atoms with Gasteiger partial charge in [-0.05, 0) is 74.2 Å². The number of rotatable bonds is 29. The van der Waals surface area contributed by atoms with Crippen LogP contribution in [0.2, 0.25) is 0 Å². The molecule has 0 fully saturated rings. The Labute approximate surface area is 453 Å². The lowest BCUT2D eigenvalue weighted by molar-refractivity contribution is 0.0714. The van der Waals surface area contributed by atoms with Crippen molar-refractivity contribution < 1.29 is 76.3 Å². The Balaban J connectivity index is 1.63. The molecule has 0 radical (unpaired) electrons. The lowest BCUT2D eigenvalue weighted by atomic mass is 10.1. The molecule has 0 aliphatic carbocycles. The van der Waals surface area contributed by atoms with E-state index in [0.29, 0.717) is 12.8 Å². The zero-order valence-corrected chi connectivity index (χ0v) is 46.1. The van der Waals surface area contributed by atoms with Gasteiger partial charge in [0, 0.05) is 67.5 Å². The van der Waals surface area contributed by atoms with Crippen LogP contribution in [0.25, 0.3) is 0 Å². The van der Waals surface area contributed by atoms with E-state index in [1.807, 2.05) is 0 Å². The molecule has 422 valence electrons. The van der Waals surface area contributed by atoms with E-state index in [2.05, 4.69) is 31.9 Å². The van der Waals surface area contributed by atoms with Crippen LogP contribution in [0, 0.1) is 0 Å². The van der Waals surface area contributed by atoms with Crippen molar-refractivity contribution in [2.45, 2.75) is 25.7 Å². The molecular formula is C54H70N8O16. The van der Waals surface area contributed by atoms with Crippen LogP contribution in [0.5, 0.6) is 46.0 Å². The number of benzene rings is 4. The second-order valence-electron chi connectivity index (χ2n) is 16.7. The number of ether oxygens (including phenoxy) is 8. The second-order valence-corrected chi connectivity index (χ2v) is 16.7. The summed E-state index contributed by atoms with van der Waals surface area (Å²) in [5.74, 6) is -3.45. The van der Waals surface area contributed by atoms with Gasteiger partial charge >= 0.3 is 0 Å². The summed E-state index contributed by atoms with van der Waals surface area (Å²) >= 11 is 0. The topological polar surface area (TPSA) is 289 Å². The number of amides is 8. The van der Waals surface area contributed by atoms with Crippen LogP contribution in [0.4, 0.5) is 0 Å². The molecule has 0 aromatic heterocycles. The number of hydrogen-bond donors (Lipinski definition) is 6. The van der Waals surface area contributed by atoms with Gasteiger partial charge in [-0.25, -0.2) is 0 Å². The van der Waals surface area contributed by atoms with Crippen molar-refractivity contribution in [2.75, 3.05) is 124 Å². The van der Waals surface area contributed by atoms with Crippen molar-refractivity contribution >= 4 is 47.3 Å². The quantitative estimate of drug-likeness (QED) is 0.0426. The summed E-state index contributed by atoms with van der Waals surface area (Å²) in [4.78, 5) is 110. The number of nitrogens with one attached hydrogen (secondary N) is 6. The molecule has 0 saturated carbocycles. The molecule has 24 heteroatoms. The SMILES string of the molecule is CNC(=O)c1ccc(C(=O)NCCCN(CCCCN(CCCNC(=O)c2ccc(C(=O)NC)c(OC)c2OC)C(=O)c2ccc(C(=O)NC)c(OC)c2OC)C(=O)c2ccc(C(=O)NC)c(OC)c2OC)c(OC)c1OC. The molecule has 6 N–H and O–H groups in total. The predicted octanol–water partition coefficient (Wildman–Crippen LogP) is 3.20. The fourth-order valence-electron chi connectivity index (χ4n) is 8.53. The van der Waals surface area contributed by atoms with Crippen LogP contribution in [0.3, 0.4) is 0 Å². The van der Waals surface area contributed by atoms with Crippen molar-refractivity contribution in [1.82, 2.24) is 41.7 Å². The highest BCUT2D eigenvalue weighted by molar-refractivity contribution is 6.06. The van der Waals surface area contributed by atoms with Crippen LogP contribution in [-0.4, -0.2) is 181 Å². The minimum Gasteiger partial charge on any atom is -0.492 e. The molecule has 0 atom stereocenters. The van der Waals surface area contributed by atoms with Crippen molar-refractivity contribution in [3.8, 4) is 46.0 Å². The van der Waals surface area contributed by atoms with Gasteiger partial charge in [0.2, 0.25) is 0 Å². The van der Waals surface area contributed by atoms with E-state index in [0.717, 1.165) is 0 Å². The van der Waals surface area contributed by atoms with Gasteiger partial charge in [-0.3, -0.25) is 38.4 Å². The lowest BCUT2D eigenvalue weighted by Gasteiger charge is -2.27. The highest BCUT2D eigenvalue weighted by atomic mass is 16.5. The molecule has 24 nitrogen and oxygen atoms in total. The number of carbonyl (C=O) groups is 8. The fraction of sp³-hybridized carbons (Fsp3) is 0.407. The maximum atomic E-state index is 14.6. The molecule has 0 saturated heterocycles. The van der Waals surface area contributed by atoms with Crippen LogP contribution < -0.4 is 69.8 Å². The molecule has 8 amide bonds. The molecule has 0 aliphatic heterocycles. The molecule has 0 heterocycles. The molecule has 78 heavy (non-hydrogen) atoms. The summed E-state index contributed by atoms with van der Waals surface area (Å²) in [5, 5.41) is 15.9. The van der Waals surface area contributed by atoms with Gasteiger partial charge < -0.3 is 79.6 Å². The summed E-state index contributed by atoms with van der Waals surface area (Å²) in [5.41, 5.74) is 1.01. The molecule has 0 spiro atoms. The van der Waals surface area contributed by atoms with Gasteiger partial charge in [0.15, 0.2) is 46.0 Å². The third-order valence-corrected chi connectivity index (χ3v) is 12.4. The summed E-state index contributed by atoms with van der Waals surface area (Å²) in [7, 11) is 16.6. The highest BCUT2D eigenvalue weighted by Crippen LogP contribution is 2.39. The molecule has 4 rings (SSSR count). The van der Waals surface area contributed by atoms with Crippen molar-refractivity contribution in [1.29, 1.82) is 0 Å². The first-order chi connectivity index (χ1) is 37.6. The van der Waals surface area contributed by atoms with Gasteiger partial charge in [-0.2, -0.15) is 0 Å². The maximum absolute atomic E-state index is 14.6. The number of hydrogen-bond acceptors (Lipinski definition) is 16. The summed E-state index contributed by atoms with van der Waals surface area (Å²) in [6, 6.07) is 11.6. The van der Waals surface area contributed by atoms with E-state index >= 15 is 0 Å². The minimum absolute atomic E-state index is 0.0253. The van der Waals surface area contributed by atoms with E-state index < -0.39 is 47.3 Å². The zero-order chi connectivity index (χ0) is 57.6. The Morgan fingerprint density at radius 1 is 0.308 bits per heavy atom. The molecular weight excluding hydrogens is 1020 g/mol. The highest BCUT2D eigenvalue weighted by Gasteiger charge is 2.30. The van der Waals surface area contributed by atoms with E-state index in [4.69, 9.17) is 37.9 Å². The summed E-state index contributed by atoms with van der Waals surface area (Å²) < 4.78 is 44.4. The first-order valence-electron chi connectivity index (χ1n) is 24.6.